The molecule has 0 radical (unpaired) electrons. The van der Waals surface area contributed by atoms with Crippen LogP contribution in [0.5, 0.6) is 5.75 Å². The number of non-ortho nitro benzene ring substituents is 1. The topological polar surface area (TPSA) is 90.7 Å². The predicted octanol–water partition coefficient (Wildman–Crippen LogP) is 1.49. The van der Waals surface area contributed by atoms with Crippen LogP contribution >= 0.6 is 0 Å². The van der Waals surface area contributed by atoms with E-state index in [1.165, 1.54) is 12.1 Å². The van der Waals surface area contributed by atoms with E-state index in [1.54, 1.807) is 0 Å². The van der Waals surface area contributed by atoms with Crippen LogP contribution in [0.4, 0.5) is 5.69 Å². The van der Waals surface area contributed by atoms with Gasteiger partial charge < -0.3 is 14.8 Å². The summed E-state index contributed by atoms with van der Waals surface area (Å²) in [5, 5.41) is 13.7. The van der Waals surface area contributed by atoms with E-state index in [4.69, 9.17) is 9.47 Å². The van der Waals surface area contributed by atoms with Gasteiger partial charge in [0, 0.05) is 35.7 Å². The molecule has 1 N–H and O–H groups in total. The van der Waals surface area contributed by atoms with Gasteiger partial charge in [0.25, 0.3) is 5.69 Å². The number of hydrogen-bond donors (Lipinski definition) is 1. The molecule has 20 heavy (non-hydrogen) atoms. The highest BCUT2D eigenvalue weighted by molar-refractivity contribution is 5.80. The highest BCUT2D eigenvalue weighted by atomic mass is 16.7. The molecule has 1 aliphatic carbocycles. The lowest BCUT2D eigenvalue weighted by molar-refractivity contribution is -0.385. The Balaban J connectivity index is 1.84. The lowest BCUT2D eigenvalue weighted by Crippen LogP contribution is -2.25. The van der Waals surface area contributed by atoms with Crippen molar-refractivity contribution in [3.63, 3.8) is 0 Å². The molecular formula is C13H14N2O5. The van der Waals surface area contributed by atoms with E-state index in [-0.39, 0.29) is 37.5 Å². The number of carbonyl (C=O) groups is 1. The van der Waals surface area contributed by atoms with Crippen LogP contribution in [0.3, 0.4) is 0 Å². The second-order valence-electron chi connectivity index (χ2n) is 4.95. The molecule has 1 saturated carbocycles. The number of carbonyl (C=O) groups excluding carboxylic acids is 1. The van der Waals surface area contributed by atoms with Crippen LogP contribution < -0.4 is 10.1 Å². The zero-order valence-electron chi connectivity index (χ0n) is 10.8. The van der Waals surface area contributed by atoms with Crippen molar-refractivity contribution >= 4 is 11.6 Å². The molecule has 2 aliphatic rings. The maximum Gasteiger partial charge on any atom is 0.270 e. The van der Waals surface area contributed by atoms with Gasteiger partial charge in [0.05, 0.1) is 11.5 Å². The number of nitrogens with one attached hydrogen (secondary N) is 1. The number of amides is 1. The Morgan fingerprint density at radius 3 is 2.95 bits per heavy atom. The van der Waals surface area contributed by atoms with Gasteiger partial charge in [-0.1, -0.05) is 0 Å². The second-order valence-corrected chi connectivity index (χ2v) is 4.95. The molecule has 0 atom stereocenters. The Morgan fingerprint density at radius 1 is 1.45 bits per heavy atom. The van der Waals surface area contributed by atoms with Crippen LogP contribution in [0.2, 0.25) is 0 Å². The van der Waals surface area contributed by atoms with Gasteiger partial charge in [-0.3, -0.25) is 14.9 Å². The van der Waals surface area contributed by atoms with Crippen molar-refractivity contribution in [1.29, 1.82) is 0 Å². The van der Waals surface area contributed by atoms with Gasteiger partial charge in [-0.25, -0.2) is 0 Å². The highest BCUT2D eigenvalue weighted by Crippen LogP contribution is 2.33. The zero-order valence-corrected chi connectivity index (χ0v) is 10.8. The van der Waals surface area contributed by atoms with Gasteiger partial charge >= 0.3 is 0 Å². The van der Waals surface area contributed by atoms with Crippen LogP contribution in [0.15, 0.2) is 12.1 Å². The molecule has 1 aliphatic heterocycles. The third kappa shape index (κ3) is 2.57. The Kier molecular flexibility index (Phi) is 3.27. The first-order valence-electron chi connectivity index (χ1n) is 6.43. The number of nitro groups is 1. The van der Waals surface area contributed by atoms with Crippen molar-refractivity contribution in [3.8, 4) is 5.75 Å². The first-order chi connectivity index (χ1) is 9.65. The molecule has 3 rings (SSSR count). The maximum atomic E-state index is 11.7. The molecule has 1 amide bonds. The van der Waals surface area contributed by atoms with E-state index in [9.17, 15) is 14.9 Å². The average Bonchev–Trinajstić information content (AvgIpc) is 3.28. The predicted molar refractivity (Wildman–Crippen MR) is 68.0 cm³/mol. The summed E-state index contributed by atoms with van der Waals surface area (Å²) in [6.07, 6.45) is 1.84. The molecule has 7 heteroatoms. The molecule has 7 nitrogen and oxygen atoms in total. The lowest BCUT2D eigenvalue weighted by atomic mass is 10.1. The van der Waals surface area contributed by atoms with Gasteiger partial charge in [0.2, 0.25) is 5.91 Å². The van der Waals surface area contributed by atoms with E-state index in [0.29, 0.717) is 16.9 Å². The molecule has 0 unspecified atom stereocenters. The summed E-state index contributed by atoms with van der Waals surface area (Å²) in [4.78, 5) is 22.1. The Morgan fingerprint density at radius 2 is 2.25 bits per heavy atom. The number of ether oxygens (including phenoxy) is 2. The monoisotopic (exact) mass is 278 g/mol. The van der Waals surface area contributed by atoms with E-state index in [2.05, 4.69) is 5.32 Å². The first kappa shape index (κ1) is 12.9. The number of rotatable bonds is 4. The number of fused-ring (bicyclic) bond motifs is 1. The largest absolute Gasteiger partial charge is 0.467 e. The van der Waals surface area contributed by atoms with Gasteiger partial charge in [-0.05, 0) is 12.8 Å². The molecule has 0 aromatic heterocycles. The Labute approximate surface area is 115 Å². The summed E-state index contributed by atoms with van der Waals surface area (Å²) in [5.74, 6) is 0.684. The Bertz CT molecular complexity index is 568. The van der Waals surface area contributed by atoms with Gasteiger partial charge in [-0.2, -0.15) is 0 Å². The molecular weight excluding hydrogens is 264 g/mol. The van der Waals surface area contributed by atoms with Gasteiger partial charge in [-0.15, -0.1) is 0 Å². The number of nitro benzene ring substituents is 1. The van der Waals surface area contributed by atoms with Crippen molar-refractivity contribution in [2.45, 2.75) is 26.0 Å². The summed E-state index contributed by atoms with van der Waals surface area (Å²) >= 11 is 0. The number of nitrogens with zero attached hydrogens (tertiary/aromatic N) is 1. The fourth-order valence-corrected chi connectivity index (χ4v) is 2.19. The number of benzene rings is 1. The molecule has 0 saturated heterocycles. The van der Waals surface area contributed by atoms with E-state index >= 15 is 0 Å². The standard InChI is InChI=1S/C13H14N2O5/c16-13(8-1-2-8)14-5-9-3-11(15(17)18)4-10-6-19-7-20-12(9)10/h3-4,8H,1-2,5-7H2,(H,14,16). The second kappa shape index (κ2) is 5.09. The summed E-state index contributed by atoms with van der Waals surface area (Å²) < 4.78 is 10.5. The third-order valence-electron chi connectivity index (χ3n) is 3.38. The molecule has 106 valence electrons. The first-order valence-corrected chi connectivity index (χ1v) is 6.43. The fraction of sp³-hybridized carbons (Fsp3) is 0.462. The molecule has 1 heterocycles. The van der Waals surface area contributed by atoms with Crippen LogP contribution in [0, 0.1) is 16.0 Å². The quantitative estimate of drug-likeness (QED) is 0.665. The number of hydrogen-bond acceptors (Lipinski definition) is 5. The molecule has 1 aromatic rings. The SMILES string of the molecule is O=C(NCc1cc([N+](=O)[O-])cc2c1OCOC2)C1CC1. The zero-order chi connectivity index (χ0) is 14.1. The molecule has 0 bridgehead atoms. The third-order valence-corrected chi connectivity index (χ3v) is 3.38. The molecule has 1 fully saturated rings. The van der Waals surface area contributed by atoms with Crippen LogP contribution in [-0.4, -0.2) is 17.6 Å². The van der Waals surface area contributed by atoms with Crippen molar-refractivity contribution < 1.29 is 19.2 Å². The van der Waals surface area contributed by atoms with Crippen molar-refractivity contribution in [1.82, 2.24) is 5.32 Å². The molecule has 1 aromatic carbocycles. The van der Waals surface area contributed by atoms with E-state index < -0.39 is 4.92 Å². The van der Waals surface area contributed by atoms with Crippen LogP contribution in [0.25, 0.3) is 0 Å². The summed E-state index contributed by atoms with van der Waals surface area (Å²) in [6, 6.07) is 2.89. The average molecular weight is 278 g/mol. The maximum absolute atomic E-state index is 11.7. The highest BCUT2D eigenvalue weighted by Gasteiger charge is 2.30. The fourth-order valence-electron chi connectivity index (χ4n) is 2.19. The smallest absolute Gasteiger partial charge is 0.270 e. The minimum absolute atomic E-state index is 0.00249. The van der Waals surface area contributed by atoms with Crippen LogP contribution in [0.1, 0.15) is 24.0 Å². The minimum atomic E-state index is -0.457. The lowest BCUT2D eigenvalue weighted by Gasteiger charge is -2.20. The van der Waals surface area contributed by atoms with Crippen LogP contribution in [-0.2, 0) is 22.7 Å². The Hall–Kier alpha value is -2.15. The van der Waals surface area contributed by atoms with Crippen molar-refractivity contribution in [2.75, 3.05) is 6.79 Å². The normalized spacial score (nSPS) is 17.0. The summed E-state index contributed by atoms with van der Waals surface area (Å²) in [6.45, 7) is 0.633. The van der Waals surface area contributed by atoms with Gasteiger partial charge in [0.15, 0.2) is 6.79 Å². The minimum Gasteiger partial charge on any atom is -0.467 e. The van der Waals surface area contributed by atoms with Crippen molar-refractivity contribution in [3.05, 3.63) is 33.4 Å². The van der Waals surface area contributed by atoms with E-state index in [0.717, 1.165) is 12.8 Å². The summed E-state index contributed by atoms with van der Waals surface area (Å²) in [5.41, 5.74) is 1.24. The summed E-state index contributed by atoms with van der Waals surface area (Å²) in [7, 11) is 0. The van der Waals surface area contributed by atoms with Gasteiger partial charge in [0.1, 0.15) is 5.75 Å². The van der Waals surface area contributed by atoms with E-state index in [1.807, 2.05) is 0 Å². The van der Waals surface area contributed by atoms with Crippen molar-refractivity contribution in [2.24, 2.45) is 5.92 Å². The molecule has 0 spiro atoms.